The molecule has 1 atom stereocenters. The summed E-state index contributed by atoms with van der Waals surface area (Å²) in [5, 5.41) is 17.8. The van der Waals surface area contributed by atoms with Gasteiger partial charge in [0, 0.05) is 0 Å². The Kier molecular flexibility index (Phi) is 3.66. The van der Waals surface area contributed by atoms with E-state index in [1.165, 1.54) is 6.92 Å². The van der Waals surface area contributed by atoms with Crippen LogP contribution in [0.2, 0.25) is 0 Å². The van der Waals surface area contributed by atoms with E-state index in [-0.39, 0.29) is 12.8 Å². The fourth-order valence-electron chi connectivity index (χ4n) is 1.59. The van der Waals surface area contributed by atoms with E-state index in [9.17, 15) is 9.59 Å². The molecule has 0 aliphatic carbocycles. The predicted octanol–water partition coefficient (Wildman–Crippen LogP) is 1.79. The van der Waals surface area contributed by atoms with Crippen LogP contribution in [0.25, 0.3) is 0 Å². The highest BCUT2D eigenvalue weighted by Crippen LogP contribution is 2.27. The molecule has 2 N–H and O–H groups in total. The van der Waals surface area contributed by atoms with E-state index in [0.29, 0.717) is 0 Å². The first-order valence-electron chi connectivity index (χ1n) is 4.93. The quantitative estimate of drug-likeness (QED) is 0.796. The van der Waals surface area contributed by atoms with Gasteiger partial charge >= 0.3 is 11.9 Å². The van der Waals surface area contributed by atoms with Crippen LogP contribution < -0.4 is 0 Å². The number of carboxylic acids is 2. The molecule has 0 amide bonds. The van der Waals surface area contributed by atoms with Gasteiger partial charge in [0.1, 0.15) is 0 Å². The molecule has 4 heteroatoms. The summed E-state index contributed by atoms with van der Waals surface area (Å²) in [5.74, 6) is -2.18. The summed E-state index contributed by atoms with van der Waals surface area (Å²) in [6, 6.07) is 9.03. The lowest BCUT2D eigenvalue weighted by atomic mass is 9.81. The van der Waals surface area contributed by atoms with E-state index in [1.54, 1.807) is 24.3 Å². The van der Waals surface area contributed by atoms with E-state index in [2.05, 4.69) is 0 Å². The molecule has 16 heavy (non-hydrogen) atoms. The third-order valence-electron chi connectivity index (χ3n) is 2.49. The van der Waals surface area contributed by atoms with Crippen LogP contribution in [-0.4, -0.2) is 22.2 Å². The van der Waals surface area contributed by atoms with E-state index < -0.39 is 17.4 Å². The van der Waals surface area contributed by atoms with Gasteiger partial charge in [0.05, 0.1) is 11.8 Å². The van der Waals surface area contributed by atoms with Gasteiger partial charge in [0.2, 0.25) is 0 Å². The van der Waals surface area contributed by atoms with Crippen LogP contribution in [0, 0.1) is 5.41 Å². The van der Waals surface area contributed by atoms with Crippen molar-refractivity contribution in [3.05, 3.63) is 35.9 Å². The highest BCUT2D eigenvalue weighted by atomic mass is 16.4. The van der Waals surface area contributed by atoms with Gasteiger partial charge in [-0.3, -0.25) is 9.59 Å². The molecule has 0 spiro atoms. The van der Waals surface area contributed by atoms with Crippen molar-refractivity contribution < 1.29 is 19.8 Å². The molecule has 4 nitrogen and oxygen atoms in total. The molecule has 1 rings (SSSR count). The molecular formula is C12H14O4. The van der Waals surface area contributed by atoms with Crippen molar-refractivity contribution in [2.45, 2.75) is 19.8 Å². The number of carboxylic acid groups (broad SMARTS) is 2. The Bertz CT molecular complexity index is 385. The number of rotatable bonds is 5. The van der Waals surface area contributed by atoms with Crippen molar-refractivity contribution in [3.63, 3.8) is 0 Å². The largest absolute Gasteiger partial charge is 0.481 e. The van der Waals surface area contributed by atoms with Gasteiger partial charge in [-0.2, -0.15) is 0 Å². The van der Waals surface area contributed by atoms with Crippen LogP contribution >= 0.6 is 0 Å². The summed E-state index contributed by atoms with van der Waals surface area (Å²) in [4.78, 5) is 21.7. The molecule has 0 aliphatic rings. The van der Waals surface area contributed by atoms with Crippen LogP contribution in [0.1, 0.15) is 18.9 Å². The summed E-state index contributed by atoms with van der Waals surface area (Å²) in [6.45, 7) is 1.45. The second-order valence-corrected chi connectivity index (χ2v) is 4.10. The topological polar surface area (TPSA) is 74.6 Å². The highest BCUT2D eigenvalue weighted by molar-refractivity contribution is 5.81. The molecule has 0 fully saturated rings. The van der Waals surface area contributed by atoms with E-state index in [0.717, 1.165) is 5.56 Å². The second kappa shape index (κ2) is 4.79. The molecule has 0 heterocycles. The average molecular weight is 222 g/mol. The molecule has 0 aliphatic heterocycles. The zero-order valence-corrected chi connectivity index (χ0v) is 9.01. The highest BCUT2D eigenvalue weighted by Gasteiger charge is 2.35. The van der Waals surface area contributed by atoms with Crippen LogP contribution in [0.3, 0.4) is 0 Å². The van der Waals surface area contributed by atoms with Crippen LogP contribution in [0.15, 0.2) is 30.3 Å². The first-order chi connectivity index (χ1) is 7.44. The average Bonchev–Trinajstić information content (AvgIpc) is 2.17. The van der Waals surface area contributed by atoms with Crippen molar-refractivity contribution in [1.29, 1.82) is 0 Å². The van der Waals surface area contributed by atoms with Crippen molar-refractivity contribution >= 4 is 11.9 Å². The fraction of sp³-hybridized carbons (Fsp3) is 0.333. The van der Waals surface area contributed by atoms with E-state index in [4.69, 9.17) is 10.2 Å². The zero-order chi connectivity index (χ0) is 12.2. The smallest absolute Gasteiger partial charge is 0.310 e. The molecule has 0 saturated carbocycles. The molecule has 1 unspecified atom stereocenters. The van der Waals surface area contributed by atoms with Crippen molar-refractivity contribution in [3.8, 4) is 0 Å². The Morgan fingerprint density at radius 3 is 2.19 bits per heavy atom. The summed E-state index contributed by atoms with van der Waals surface area (Å²) in [6.07, 6.45) is -0.160. The van der Waals surface area contributed by atoms with Crippen LogP contribution in [-0.2, 0) is 16.0 Å². The molecule has 0 bridgehead atoms. The van der Waals surface area contributed by atoms with E-state index in [1.807, 2.05) is 6.07 Å². The molecular weight excluding hydrogens is 208 g/mol. The summed E-state index contributed by atoms with van der Waals surface area (Å²) < 4.78 is 0. The lowest BCUT2D eigenvalue weighted by Crippen LogP contribution is -2.32. The Balaban J connectivity index is 2.87. The molecule has 0 aromatic heterocycles. The number of hydrogen-bond acceptors (Lipinski definition) is 2. The fourth-order valence-corrected chi connectivity index (χ4v) is 1.59. The minimum atomic E-state index is -1.26. The van der Waals surface area contributed by atoms with Gasteiger partial charge in [-0.15, -0.1) is 0 Å². The minimum absolute atomic E-state index is 0.218. The third-order valence-corrected chi connectivity index (χ3v) is 2.49. The Morgan fingerprint density at radius 1 is 1.19 bits per heavy atom. The standard InChI is InChI=1S/C12H14O4/c1-12(11(15)16,8-10(13)14)7-9-5-3-2-4-6-9/h2-6H,7-8H2,1H3,(H,13,14)(H,15,16). The Morgan fingerprint density at radius 2 is 1.75 bits per heavy atom. The first-order valence-corrected chi connectivity index (χ1v) is 4.93. The number of aliphatic carboxylic acids is 2. The number of hydrogen-bond donors (Lipinski definition) is 2. The Labute approximate surface area is 93.5 Å². The maximum atomic E-state index is 11.1. The molecule has 0 saturated heterocycles. The lowest BCUT2D eigenvalue weighted by molar-refractivity contribution is -0.154. The van der Waals surface area contributed by atoms with Crippen LogP contribution in [0.5, 0.6) is 0 Å². The van der Waals surface area contributed by atoms with Crippen molar-refractivity contribution in [1.82, 2.24) is 0 Å². The van der Waals surface area contributed by atoms with Crippen LogP contribution in [0.4, 0.5) is 0 Å². The summed E-state index contributed by atoms with van der Waals surface area (Å²) in [5.41, 5.74) is -0.429. The number of benzene rings is 1. The second-order valence-electron chi connectivity index (χ2n) is 4.10. The monoisotopic (exact) mass is 222 g/mol. The molecule has 1 aromatic carbocycles. The molecule has 0 radical (unpaired) electrons. The number of carbonyl (C=O) groups is 2. The molecule has 86 valence electrons. The van der Waals surface area contributed by atoms with E-state index >= 15 is 0 Å². The Hall–Kier alpha value is -1.84. The zero-order valence-electron chi connectivity index (χ0n) is 9.01. The first kappa shape index (κ1) is 12.2. The van der Waals surface area contributed by atoms with Gasteiger partial charge in [-0.1, -0.05) is 30.3 Å². The lowest BCUT2D eigenvalue weighted by Gasteiger charge is -2.22. The van der Waals surface area contributed by atoms with Crippen molar-refractivity contribution in [2.75, 3.05) is 0 Å². The van der Waals surface area contributed by atoms with Gasteiger partial charge in [0.25, 0.3) is 0 Å². The minimum Gasteiger partial charge on any atom is -0.481 e. The van der Waals surface area contributed by atoms with Gasteiger partial charge in [-0.05, 0) is 18.9 Å². The molecule has 1 aromatic rings. The maximum absolute atomic E-state index is 11.1. The van der Waals surface area contributed by atoms with Gasteiger partial charge < -0.3 is 10.2 Å². The SMILES string of the molecule is CC(CC(=O)O)(Cc1ccccc1)C(=O)O. The summed E-state index contributed by atoms with van der Waals surface area (Å²) in [7, 11) is 0. The maximum Gasteiger partial charge on any atom is 0.310 e. The van der Waals surface area contributed by atoms with Gasteiger partial charge in [0.15, 0.2) is 0 Å². The van der Waals surface area contributed by atoms with Crippen molar-refractivity contribution in [2.24, 2.45) is 5.41 Å². The predicted molar refractivity (Wildman–Crippen MR) is 58.1 cm³/mol. The summed E-state index contributed by atoms with van der Waals surface area (Å²) >= 11 is 0. The third kappa shape index (κ3) is 3.08. The normalized spacial score (nSPS) is 14.1. The van der Waals surface area contributed by atoms with Gasteiger partial charge in [-0.25, -0.2) is 0 Å².